The van der Waals surface area contributed by atoms with Crippen LogP contribution in [0.4, 0.5) is 0 Å². The summed E-state index contributed by atoms with van der Waals surface area (Å²) < 4.78 is 1.19. The molecule has 0 saturated carbocycles. The van der Waals surface area contributed by atoms with Gasteiger partial charge in [-0.1, -0.05) is 11.6 Å². The lowest BCUT2D eigenvalue weighted by Crippen LogP contribution is -2.10. The molecule has 0 amide bonds. The van der Waals surface area contributed by atoms with Gasteiger partial charge in [0.05, 0.1) is 0 Å². The molecule has 0 aliphatic carbocycles. The van der Waals surface area contributed by atoms with Crippen molar-refractivity contribution in [2.24, 2.45) is 9.98 Å². The van der Waals surface area contributed by atoms with Crippen molar-refractivity contribution < 1.29 is 0 Å². The van der Waals surface area contributed by atoms with Gasteiger partial charge in [0.25, 0.3) is 5.62 Å². The van der Waals surface area contributed by atoms with Gasteiger partial charge >= 0.3 is 0 Å². The molecule has 0 aromatic heterocycles. The molecule has 0 fully saturated rings. The third-order valence-electron chi connectivity index (χ3n) is 0.549. The number of nitrogens with zero attached hydrogens (tertiary/aromatic N) is 3. The van der Waals surface area contributed by atoms with E-state index in [4.69, 9.17) is 23.4 Å². The first-order valence-electron chi connectivity index (χ1n) is 1.84. The van der Waals surface area contributed by atoms with Crippen LogP contribution >= 0.6 is 23.4 Å². The molecule has 5 heteroatoms. The first-order chi connectivity index (χ1) is 3.79. The van der Waals surface area contributed by atoms with Crippen molar-refractivity contribution in [3.05, 3.63) is 5.62 Å². The maximum absolute atomic E-state index is 5.34. The summed E-state index contributed by atoms with van der Waals surface area (Å²) in [6.07, 6.45) is 2.72. The average molecular weight is 151 g/mol. The number of aliphatic imine (C=N–C) groups is 2. The molecular weight excluding hydrogens is 149 g/mol. The molecule has 0 N–H and O–H groups in total. The second-order valence-corrected chi connectivity index (χ2v) is 1.83. The van der Waals surface area contributed by atoms with Crippen molar-refractivity contribution in [3.8, 4) is 0 Å². The summed E-state index contributed by atoms with van der Waals surface area (Å²) in [6.45, 7) is 0. The lowest BCUT2D eigenvalue weighted by molar-refractivity contribution is 0.972. The van der Waals surface area contributed by atoms with Crippen molar-refractivity contribution >= 4 is 36.1 Å². The van der Waals surface area contributed by atoms with Gasteiger partial charge in [0, 0.05) is 11.8 Å². The van der Waals surface area contributed by atoms with E-state index in [1.807, 2.05) is 0 Å². The fourth-order valence-corrected chi connectivity index (χ4v) is 0.443. The van der Waals surface area contributed by atoms with Crippen LogP contribution in [0.2, 0.25) is 0 Å². The van der Waals surface area contributed by atoms with E-state index >= 15 is 0 Å². The SMILES string of the molecule is Cl[C]1N=CN(Cl)C=N1. The zero-order valence-corrected chi connectivity index (χ0v) is 5.26. The molecule has 0 aromatic carbocycles. The molecule has 1 aliphatic rings. The van der Waals surface area contributed by atoms with Crippen LogP contribution in [0.3, 0.4) is 0 Å². The van der Waals surface area contributed by atoms with Crippen LogP contribution in [-0.4, -0.2) is 17.1 Å². The van der Waals surface area contributed by atoms with Crippen LogP contribution in [0.15, 0.2) is 9.98 Å². The molecular formula is C3H2Cl2N3. The highest BCUT2D eigenvalue weighted by Crippen LogP contribution is 2.11. The molecule has 3 nitrogen and oxygen atoms in total. The Morgan fingerprint density at radius 3 is 2.25 bits per heavy atom. The molecule has 1 rings (SSSR count). The molecule has 0 unspecified atom stereocenters. The third-order valence-corrected chi connectivity index (χ3v) is 0.919. The van der Waals surface area contributed by atoms with E-state index in [0.29, 0.717) is 0 Å². The van der Waals surface area contributed by atoms with E-state index in [0.717, 1.165) is 0 Å². The molecule has 43 valence electrons. The van der Waals surface area contributed by atoms with Crippen LogP contribution in [0.1, 0.15) is 0 Å². The highest BCUT2D eigenvalue weighted by atomic mass is 35.5. The predicted octanol–water partition coefficient (Wildman–Crippen LogP) is 1.20. The standard InChI is InChI=1S/C3H2Cl2N3/c4-3-6-1-8(5)2-7-3/h1-2H. The van der Waals surface area contributed by atoms with Crippen molar-refractivity contribution in [3.63, 3.8) is 0 Å². The minimum Gasteiger partial charge on any atom is -0.233 e. The maximum Gasteiger partial charge on any atom is 0.290 e. The van der Waals surface area contributed by atoms with E-state index in [2.05, 4.69) is 9.98 Å². The van der Waals surface area contributed by atoms with Crippen molar-refractivity contribution in [1.29, 1.82) is 0 Å². The molecule has 1 radical (unpaired) electrons. The molecule has 0 atom stereocenters. The highest BCUT2D eigenvalue weighted by Gasteiger charge is 2.03. The normalized spacial score (nSPS) is 20.0. The first kappa shape index (κ1) is 5.85. The molecule has 0 spiro atoms. The van der Waals surface area contributed by atoms with Crippen molar-refractivity contribution in [2.45, 2.75) is 0 Å². The van der Waals surface area contributed by atoms with Crippen molar-refractivity contribution in [2.75, 3.05) is 0 Å². The topological polar surface area (TPSA) is 28.0 Å². The monoisotopic (exact) mass is 150 g/mol. The molecule has 1 aliphatic heterocycles. The second kappa shape index (κ2) is 2.33. The predicted molar refractivity (Wildman–Crippen MR) is 33.8 cm³/mol. The lowest BCUT2D eigenvalue weighted by atomic mass is 10.9. The Hall–Kier alpha value is -0.280. The Bertz CT molecular complexity index is 104. The lowest BCUT2D eigenvalue weighted by Gasteiger charge is -2.05. The largest absolute Gasteiger partial charge is 0.290 e. The van der Waals surface area contributed by atoms with E-state index in [1.165, 1.54) is 17.1 Å². The van der Waals surface area contributed by atoms with E-state index in [9.17, 15) is 0 Å². The summed E-state index contributed by atoms with van der Waals surface area (Å²) in [7, 11) is 0. The molecule has 1 heterocycles. The Kier molecular flexibility index (Phi) is 1.70. The van der Waals surface area contributed by atoms with Gasteiger partial charge in [-0.15, -0.1) is 0 Å². The number of hydrogen-bond donors (Lipinski definition) is 0. The Balaban J connectivity index is 2.54. The summed E-state index contributed by atoms with van der Waals surface area (Å²) in [5.41, 5.74) is 0.196. The Morgan fingerprint density at radius 1 is 1.38 bits per heavy atom. The van der Waals surface area contributed by atoms with Gasteiger partial charge in [0.2, 0.25) is 0 Å². The average Bonchev–Trinajstić information content (AvgIpc) is 1.77. The number of halogens is 2. The minimum absolute atomic E-state index is 0.196. The summed E-state index contributed by atoms with van der Waals surface area (Å²) in [4.78, 5) is 7.13. The van der Waals surface area contributed by atoms with Gasteiger partial charge in [-0.2, -0.15) is 0 Å². The molecule has 0 aromatic rings. The molecule has 0 bridgehead atoms. The summed E-state index contributed by atoms with van der Waals surface area (Å²) in [5.74, 6) is 0. The van der Waals surface area contributed by atoms with Crippen LogP contribution in [0.25, 0.3) is 0 Å². The zero-order valence-electron chi connectivity index (χ0n) is 3.75. The van der Waals surface area contributed by atoms with Crippen LogP contribution in [-0.2, 0) is 0 Å². The zero-order chi connectivity index (χ0) is 5.98. The maximum atomic E-state index is 5.34. The van der Waals surface area contributed by atoms with E-state index < -0.39 is 0 Å². The van der Waals surface area contributed by atoms with Gasteiger partial charge in [-0.05, 0) is 0 Å². The van der Waals surface area contributed by atoms with E-state index in [-0.39, 0.29) is 5.62 Å². The molecule has 0 saturated heterocycles. The Morgan fingerprint density at radius 2 is 1.88 bits per heavy atom. The Labute approximate surface area is 56.7 Å². The third kappa shape index (κ3) is 1.35. The second-order valence-electron chi connectivity index (χ2n) is 1.10. The first-order valence-corrected chi connectivity index (χ1v) is 2.55. The minimum atomic E-state index is 0.196. The number of hydrogen-bond acceptors (Lipinski definition) is 3. The van der Waals surface area contributed by atoms with Gasteiger partial charge < -0.3 is 0 Å². The fraction of sp³-hybridized carbons (Fsp3) is 0. The highest BCUT2D eigenvalue weighted by molar-refractivity contribution is 6.30. The summed E-state index contributed by atoms with van der Waals surface area (Å²) in [5, 5.41) is 0. The van der Waals surface area contributed by atoms with Gasteiger partial charge in [-0.3, -0.25) is 0 Å². The number of rotatable bonds is 0. The fourth-order valence-electron chi connectivity index (χ4n) is 0.269. The van der Waals surface area contributed by atoms with Gasteiger partial charge in [0.1, 0.15) is 12.7 Å². The van der Waals surface area contributed by atoms with Crippen LogP contribution in [0, 0.1) is 5.62 Å². The van der Waals surface area contributed by atoms with Crippen LogP contribution < -0.4 is 0 Å². The quantitative estimate of drug-likeness (QED) is 0.377. The van der Waals surface area contributed by atoms with Gasteiger partial charge in [-0.25, -0.2) is 14.4 Å². The van der Waals surface area contributed by atoms with Crippen molar-refractivity contribution in [1.82, 2.24) is 4.42 Å². The van der Waals surface area contributed by atoms with Crippen LogP contribution in [0.5, 0.6) is 0 Å². The smallest absolute Gasteiger partial charge is 0.233 e. The van der Waals surface area contributed by atoms with E-state index in [1.54, 1.807) is 0 Å². The summed E-state index contributed by atoms with van der Waals surface area (Å²) in [6, 6.07) is 0. The van der Waals surface area contributed by atoms with Gasteiger partial charge in [0.15, 0.2) is 0 Å². The molecule has 8 heavy (non-hydrogen) atoms. The summed E-state index contributed by atoms with van der Waals surface area (Å²) >= 11 is 10.7.